The zero-order chi connectivity index (χ0) is 31.9. The maximum absolute atomic E-state index is 4.84. The van der Waals surface area contributed by atoms with E-state index < -0.39 is 8.07 Å². The molecule has 9 rings (SSSR count). The molecular formula is C45H30N2Si. The topological polar surface area (TPSA) is 17.8 Å². The Morgan fingerprint density at radius 2 is 0.854 bits per heavy atom. The minimum Gasteiger partial charge on any atom is -0.306 e. The van der Waals surface area contributed by atoms with E-state index in [1.165, 1.54) is 26.3 Å². The average molecular weight is 627 g/mol. The van der Waals surface area contributed by atoms with Gasteiger partial charge in [0.1, 0.15) is 0 Å². The van der Waals surface area contributed by atoms with E-state index in [9.17, 15) is 0 Å². The van der Waals surface area contributed by atoms with Gasteiger partial charge in [0.05, 0.1) is 22.2 Å². The number of pyridine rings is 1. The number of hydrogen-bond donors (Lipinski definition) is 0. The maximum Gasteiger partial charge on any atom is 0.230 e. The van der Waals surface area contributed by atoms with Crippen molar-refractivity contribution in [3.8, 4) is 17.2 Å². The second-order valence-electron chi connectivity index (χ2n) is 12.1. The Morgan fingerprint density at radius 3 is 1.40 bits per heavy atom. The summed E-state index contributed by atoms with van der Waals surface area (Å²) >= 11 is 0. The first kappa shape index (κ1) is 28.0. The van der Waals surface area contributed by atoms with Crippen LogP contribution >= 0.6 is 0 Å². The van der Waals surface area contributed by atoms with Crippen LogP contribution in [0, 0.1) is 11.5 Å². The Labute approximate surface area is 280 Å². The molecule has 0 fully saturated rings. The highest BCUT2D eigenvalue weighted by Crippen LogP contribution is 2.39. The molecule has 0 atom stereocenters. The highest BCUT2D eigenvalue weighted by Gasteiger charge is 2.38. The van der Waals surface area contributed by atoms with E-state index in [1.54, 1.807) is 0 Å². The summed E-state index contributed by atoms with van der Waals surface area (Å²) in [5, 5.41) is 9.59. The molecule has 0 bridgehead atoms. The summed E-state index contributed by atoms with van der Waals surface area (Å²) in [5.41, 5.74) is 9.53. The molecule has 0 aliphatic heterocycles. The molecule has 0 N–H and O–H groups in total. The molecule has 9 aromatic rings. The average Bonchev–Trinajstić information content (AvgIpc) is 3.50. The van der Waals surface area contributed by atoms with Crippen LogP contribution in [0.1, 0.15) is 5.56 Å². The molecule has 0 amide bonds. The van der Waals surface area contributed by atoms with Crippen LogP contribution in [0.15, 0.2) is 182 Å². The molecule has 2 heterocycles. The van der Waals surface area contributed by atoms with E-state index in [4.69, 9.17) is 4.98 Å². The standard InChI is InChI=1S/C45H30N2Si/c1-4-17-33(18-5-1)48(34-19-6-2-7-20-34,35-21-8-3-9-22-35)32-30-38-36-23-10-12-25-39(36)45(40-26-13-11-24-37(38)40)47-42-28-15-14-27-41(42)44-43(47)29-16-31-46-44/h1-29,31H. The lowest BCUT2D eigenvalue weighted by Crippen LogP contribution is -2.66. The Balaban J connectivity index is 1.41. The molecule has 2 aromatic heterocycles. The molecule has 0 saturated heterocycles. The molecule has 0 radical (unpaired) electrons. The molecule has 0 aliphatic rings. The highest BCUT2D eigenvalue weighted by molar-refractivity contribution is 7.16. The van der Waals surface area contributed by atoms with Gasteiger partial charge in [0.2, 0.25) is 8.07 Å². The summed E-state index contributed by atoms with van der Waals surface area (Å²) in [7, 11) is -2.80. The highest BCUT2D eigenvalue weighted by atomic mass is 28.3. The van der Waals surface area contributed by atoms with Crippen molar-refractivity contribution in [1.29, 1.82) is 0 Å². The maximum atomic E-state index is 4.84. The van der Waals surface area contributed by atoms with E-state index >= 15 is 0 Å². The van der Waals surface area contributed by atoms with Gasteiger partial charge in [0.15, 0.2) is 0 Å². The van der Waals surface area contributed by atoms with Crippen LogP contribution in [-0.4, -0.2) is 17.6 Å². The first-order valence-corrected chi connectivity index (χ1v) is 18.3. The van der Waals surface area contributed by atoms with Crippen molar-refractivity contribution in [2.75, 3.05) is 0 Å². The zero-order valence-corrected chi connectivity index (χ0v) is 27.2. The van der Waals surface area contributed by atoms with E-state index in [-0.39, 0.29) is 0 Å². The molecular weight excluding hydrogens is 597 g/mol. The molecule has 224 valence electrons. The van der Waals surface area contributed by atoms with Crippen molar-refractivity contribution >= 4 is 67.1 Å². The molecule has 48 heavy (non-hydrogen) atoms. The Kier molecular flexibility index (Phi) is 6.74. The van der Waals surface area contributed by atoms with Crippen molar-refractivity contribution in [3.63, 3.8) is 0 Å². The van der Waals surface area contributed by atoms with Crippen LogP contribution < -0.4 is 15.6 Å². The summed E-state index contributed by atoms with van der Waals surface area (Å²) in [5.74, 6) is 3.90. The van der Waals surface area contributed by atoms with Crippen LogP contribution in [0.5, 0.6) is 0 Å². The lowest BCUT2D eigenvalue weighted by Gasteiger charge is -2.28. The first-order valence-electron chi connectivity index (χ1n) is 16.3. The second kappa shape index (κ2) is 11.5. The fraction of sp³-hybridized carbons (Fsp3) is 0. The molecule has 2 nitrogen and oxygen atoms in total. The van der Waals surface area contributed by atoms with Crippen molar-refractivity contribution in [1.82, 2.24) is 9.55 Å². The Hall–Kier alpha value is -6.21. The minimum atomic E-state index is -2.80. The van der Waals surface area contributed by atoms with Gasteiger partial charge in [-0.2, -0.15) is 0 Å². The van der Waals surface area contributed by atoms with E-state index in [2.05, 4.69) is 186 Å². The van der Waals surface area contributed by atoms with Crippen LogP contribution in [0.2, 0.25) is 0 Å². The third-order valence-corrected chi connectivity index (χ3v) is 13.6. The van der Waals surface area contributed by atoms with Gasteiger partial charge < -0.3 is 4.57 Å². The zero-order valence-electron chi connectivity index (χ0n) is 26.2. The molecule has 0 spiro atoms. The number of para-hydroxylation sites is 1. The SMILES string of the molecule is C(#C[Si](c1ccccc1)(c1ccccc1)c1ccccc1)c1c2ccccc2c(-n2c3ccccc3c3ncccc32)c2ccccc12. The van der Waals surface area contributed by atoms with Gasteiger partial charge in [0.25, 0.3) is 0 Å². The van der Waals surface area contributed by atoms with Crippen molar-refractivity contribution in [2.24, 2.45) is 0 Å². The van der Waals surface area contributed by atoms with Crippen LogP contribution in [0.4, 0.5) is 0 Å². The summed E-state index contributed by atoms with van der Waals surface area (Å²) in [6, 6.07) is 63.0. The number of benzene rings is 7. The summed E-state index contributed by atoms with van der Waals surface area (Å²) in [6.45, 7) is 0. The van der Waals surface area contributed by atoms with Crippen LogP contribution in [0.3, 0.4) is 0 Å². The molecule has 7 aromatic carbocycles. The third-order valence-electron chi connectivity index (χ3n) is 9.55. The number of hydrogen-bond acceptors (Lipinski definition) is 1. The first-order chi connectivity index (χ1) is 23.8. The number of rotatable bonds is 4. The van der Waals surface area contributed by atoms with Gasteiger partial charge in [-0.25, -0.2) is 0 Å². The fourth-order valence-electron chi connectivity index (χ4n) is 7.44. The molecule has 0 unspecified atom stereocenters. The lowest BCUT2D eigenvalue weighted by molar-refractivity contribution is 1.21. The minimum absolute atomic E-state index is 1.01. The molecule has 0 aliphatic carbocycles. The fourth-order valence-corrected chi connectivity index (χ4v) is 11.3. The normalized spacial score (nSPS) is 11.6. The van der Waals surface area contributed by atoms with Gasteiger partial charge in [-0.3, -0.25) is 4.98 Å². The predicted molar refractivity (Wildman–Crippen MR) is 204 cm³/mol. The van der Waals surface area contributed by atoms with Crippen LogP contribution in [-0.2, 0) is 0 Å². The van der Waals surface area contributed by atoms with Crippen LogP contribution in [0.25, 0.3) is 49.2 Å². The van der Waals surface area contributed by atoms with Gasteiger partial charge in [0, 0.05) is 38.7 Å². The van der Waals surface area contributed by atoms with Crippen molar-refractivity contribution in [2.45, 2.75) is 0 Å². The largest absolute Gasteiger partial charge is 0.306 e. The molecule has 3 heteroatoms. The summed E-state index contributed by atoms with van der Waals surface area (Å²) < 4.78 is 2.40. The monoisotopic (exact) mass is 626 g/mol. The van der Waals surface area contributed by atoms with E-state index in [1.807, 2.05) is 12.3 Å². The predicted octanol–water partition coefficient (Wildman–Crippen LogP) is 8.55. The Morgan fingerprint density at radius 1 is 0.417 bits per heavy atom. The smallest absolute Gasteiger partial charge is 0.230 e. The van der Waals surface area contributed by atoms with E-state index in [0.29, 0.717) is 0 Å². The van der Waals surface area contributed by atoms with Gasteiger partial charge in [-0.1, -0.05) is 164 Å². The summed E-state index contributed by atoms with van der Waals surface area (Å²) in [4.78, 5) is 4.84. The van der Waals surface area contributed by atoms with Crippen molar-refractivity contribution < 1.29 is 0 Å². The number of aromatic nitrogens is 2. The lowest BCUT2D eigenvalue weighted by atomic mass is 9.95. The third kappa shape index (κ3) is 4.31. The quantitative estimate of drug-likeness (QED) is 0.0829. The van der Waals surface area contributed by atoms with Gasteiger partial charge >= 0.3 is 0 Å². The Bertz CT molecular complexity index is 2460. The van der Waals surface area contributed by atoms with Crippen molar-refractivity contribution in [3.05, 3.63) is 188 Å². The number of fused-ring (bicyclic) bond motifs is 5. The summed E-state index contributed by atoms with van der Waals surface area (Å²) in [6.07, 6.45) is 1.89. The molecule has 0 saturated carbocycles. The van der Waals surface area contributed by atoms with Gasteiger partial charge in [-0.05, 0) is 33.8 Å². The second-order valence-corrected chi connectivity index (χ2v) is 15.6. The van der Waals surface area contributed by atoms with Gasteiger partial charge in [-0.15, -0.1) is 5.54 Å². The van der Waals surface area contributed by atoms with E-state index in [0.717, 1.165) is 44.0 Å². The number of nitrogens with zero attached hydrogens (tertiary/aromatic N) is 2.